The second kappa shape index (κ2) is 8.82. The van der Waals surface area contributed by atoms with Crippen LogP contribution in [-0.2, 0) is 11.8 Å². The van der Waals surface area contributed by atoms with E-state index in [9.17, 15) is 22.8 Å². The maximum Gasteiger partial charge on any atom is 0.411 e. The molecule has 7 nitrogen and oxygen atoms in total. The maximum atomic E-state index is 12.4. The van der Waals surface area contributed by atoms with Gasteiger partial charge in [-0.25, -0.2) is 9.67 Å². The summed E-state index contributed by atoms with van der Waals surface area (Å²) in [6.07, 6.45) is -4.12. The van der Waals surface area contributed by atoms with Crippen LogP contribution in [0.25, 0.3) is 10.6 Å². The zero-order valence-electron chi connectivity index (χ0n) is 15.9. The smallest absolute Gasteiger partial charge is 0.372 e. The number of thiazole rings is 1. The Morgan fingerprint density at radius 3 is 2.57 bits per heavy atom. The lowest BCUT2D eigenvalue weighted by atomic mass is 10.1. The van der Waals surface area contributed by atoms with Gasteiger partial charge in [0, 0.05) is 20.2 Å². The van der Waals surface area contributed by atoms with E-state index in [0.717, 1.165) is 11.3 Å². The van der Waals surface area contributed by atoms with Gasteiger partial charge in [-0.15, -0.1) is 11.3 Å². The summed E-state index contributed by atoms with van der Waals surface area (Å²) in [6, 6.07) is 0. The zero-order valence-corrected chi connectivity index (χ0v) is 16.8. The first-order valence-corrected chi connectivity index (χ1v) is 9.28. The van der Waals surface area contributed by atoms with E-state index in [-0.39, 0.29) is 25.1 Å². The molecule has 0 radical (unpaired) electrons. The van der Waals surface area contributed by atoms with E-state index in [2.05, 4.69) is 20.1 Å². The Morgan fingerprint density at radius 1 is 1.25 bits per heavy atom. The third-order valence-corrected chi connectivity index (χ3v) is 5.13. The fourth-order valence-electron chi connectivity index (χ4n) is 2.46. The first kappa shape index (κ1) is 22.0. The number of aryl methyl sites for hydroxylation is 3. The van der Waals surface area contributed by atoms with Gasteiger partial charge in [-0.3, -0.25) is 9.59 Å². The van der Waals surface area contributed by atoms with Crippen molar-refractivity contribution in [3.05, 3.63) is 32.2 Å². The van der Waals surface area contributed by atoms with Crippen LogP contribution in [0.1, 0.15) is 33.0 Å². The zero-order chi connectivity index (χ0) is 21.1. The van der Waals surface area contributed by atoms with Gasteiger partial charge in [-0.1, -0.05) is 0 Å². The number of carbonyl (C=O) groups is 1. The van der Waals surface area contributed by atoms with Crippen molar-refractivity contribution in [2.75, 3.05) is 19.8 Å². The van der Waals surface area contributed by atoms with Crippen LogP contribution in [0.5, 0.6) is 0 Å². The summed E-state index contributed by atoms with van der Waals surface area (Å²) < 4.78 is 41.7. The molecule has 0 aliphatic heterocycles. The van der Waals surface area contributed by atoms with Crippen LogP contribution in [0.2, 0.25) is 0 Å². The first-order valence-electron chi connectivity index (χ1n) is 8.46. The lowest BCUT2D eigenvalue weighted by molar-refractivity contribution is -0.173. The van der Waals surface area contributed by atoms with Crippen LogP contribution >= 0.6 is 11.3 Å². The minimum atomic E-state index is -4.36. The molecule has 0 aromatic carbocycles. The number of nitrogens with one attached hydrogen (secondary N) is 1. The summed E-state index contributed by atoms with van der Waals surface area (Å²) in [6.45, 7) is 3.97. The molecule has 0 saturated heterocycles. The molecular formula is C17H21F3N4O3S. The normalized spacial score (nSPS) is 11.7. The van der Waals surface area contributed by atoms with Crippen LogP contribution in [0.3, 0.4) is 0 Å². The predicted octanol–water partition coefficient (Wildman–Crippen LogP) is 2.53. The summed E-state index contributed by atoms with van der Waals surface area (Å²) in [4.78, 5) is 29.5. The second-order valence-corrected chi connectivity index (χ2v) is 7.22. The van der Waals surface area contributed by atoms with Crippen LogP contribution < -0.4 is 10.9 Å². The standard InChI is InChI=1S/C17H21F3N4O3S/c1-9-10(2)23-24(4)16(26)12(9)15-22-11(3)13(28-15)14(25)21-6-5-7-27-8-17(18,19)20/h5-8H2,1-4H3,(H,21,25). The van der Waals surface area contributed by atoms with Crippen molar-refractivity contribution in [2.45, 2.75) is 33.4 Å². The van der Waals surface area contributed by atoms with E-state index in [1.165, 1.54) is 4.68 Å². The van der Waals surface area contributed by atoms with Gasteiger partial charge < -0.3 is 10.1 Å². The number of hydrogen-bond donors (Lipinski definition) is 1. The lowest BCUT2D eigenvalue weighted by Crippen LogP contribution is -2.26. The Morgan fingerprint density at radius 2 is 1.93 bits per heavy atom. The molecule has 0 aliphatic rings. The molecule has 2 heterocycles. The average Bonchev–Trinajstić information content (AvgIpc) is 2.97. The van der Waals surface area contributed by atoms with Crippen molar-refractivity contribution >= 4 is 17.2 Å². The van der Waals surface area contributed by atoms with E-state index >= 15 is 0 Å². The summed E-state index contributed by atoms with van der Waals surface area (Å²) in [7, 11) is 1.55. The number of aromatic nitrogens is 3. The molecule has 2 aromatic rings. The molecule has 0 spiro atoms. The minimum Gasteiger partial charge on any atom is -0.372 e. The summed E-state index contributed by atoms with van der Waals surface area (Å²) in [5.41, 5.74) is 1.97. The monoisotopic (exact) mass is 418 g/mol. The van der Waals surface area contributed by atoms with Gasteiger partial charge in [0.2, 0.25) is 0 Å². The summed E-state index contributed by atoms with van der Waals surface area (Å²) >= 11 is 1.09. The number of ether oxygens (including phenoxy) is 1. The molecule has 0 saturated carbocycles. The van der Waals surface area contributed by atoms with E-state index in [1.54, 1.807) is 27.8 Å². The van der Waals surface area contributed by atoms with Crippen LogP contribution in [0.15, 0.2) is 4.79 Å². The minimum absolute atomic E-state index is 0.113. The highest BCUT2D eigenvalue weighted by molar-refractivity contribution is 7.17. The lowest BCUT2D eigenvalue weighted by Gasteiger charge is -2.08. The number of carbonyl (C=O) groups excluding carboxylic acids is 1. The van der Waals surface area contributed by atoms with E-state index in [0.29, 0.717) is 32.4 Å². The number of hydrogen-bond acceptors (Lipinski definition) is 6. The SMILES string of the molecule is Cc1nc(-c2c(C)c(C)nn(C)c2=O)sc1C(=O)NCCCOCC(F)(F)F. The van der Waals surface area contributed by atoms with Crippen LogP contribution in [0, 0.1) is 20.8 Å². The van der Waals surface area contributed by atoms with Gasteiger partial charge in [0.05, 0.1) is 17.0 Å². The molecule has 11 heteroatoms. The van der Waals surface area contributed by atoms with Crippen molar-refractivity contribution in [1.29, 1.82) is 0 Å². The molecule has 0 aliphatic carbocycles. The third kappa shape index (κ3) is 5.38. The summed E-state index contributed by atoms with van der Waals surface area (Å²) in [5, 5.41) is 7.18. The summed E-state index contributed by atoms with van der Waals surface area (Å²) in [5.74, 6) is -0.391. The Hall–Kier alpha value is -2.27. The third-order valence-electron chi connectivity index (χ3n) is 3.96. The predicted molar refractivity (Wildman–Crippen MR) is 98.6 cm³/mol. The van der Waals surface area contributed by atoms with Crippen molar-refractivity contribution in [3.63, 3.8) is 0 Å². The van der Waals surface area contributed by atoms with Crippen molar-refractivity contribution in [1.82, 2.24) is 20.1 Å². The largest absolute Gasteiger partial charge is 0.411 e. The number of nitrogens with zero attached hydrogens (tertiary/aromatic N) is 3. The maximum absolute atomic E-state index is 12.4. The molecule has 0 unspecified atom stereocenters. The average molecular weight is 418 g/mol. The Bertz CT molecular complexity index is 922. The number of alkyl halides is 3. The quantitative estimate of drug-likeness (QED) is 0.699. The Balaban J connectivity index is 2.05. The van der Waals surface area contributed by atoms with Crippen LogP contribution in [0.4, 0.5) is 13.2 Å². The molecule has 28 heavy (non-hydrogen) atoms. The molecule has 0 fully saturated rings. The number of halogens is 3. The van der Waals surface area contributed by atoms with Gasteiger partial charge in [0.15, 0.2) is 0 Å². The fourth-order valence-corrected chi connectivity index (χ4v) is 3.54. The second-order valence-electron chi connectivity index (χ2n) is 6.22. The van der Waals surface area contributed by atoms with Crippen molar-refractivity contribution in [2.24, 2.45) is 7.05 Å². The molecule has 0 bridgehead atoms. The van der Waals surface area contributed by atoms with Crippen LogP contribution in [-0.4, -0.2) is 46.6 Å². The van der Waals surface area contributed by atoms with E-state index in [4.69, 9.17) is 0 Å². The van der Waals surface area contributed by atoms with Gasteiger partial charge in [-0.05, 0) is 32.8 Å². The van der Waals surface area contributed by atoms with E-state index < -0.39 is 18.7 Å². The highest BCUT2D eigenvalue weighted by Gasteiger charge is 2.27. The molecule has 154 valence electrons. The highest BCUT2D eigenvalue weighted by atomic mass is 32.1. The van der Waals surface area contributed by atoms with Gasteiger partial charge in [0.25, 0.3) is 11.5 Å². The van der Waals surface area contributed by atoms with Gasteiger partial charge in [-0.2, -0.15) is 18.3 Å². The van der Waals surface area contributed by atoms with Gasteiger partial charge in [0.1, 0.15) is 16.5 Å². The van der Waals surface area contributed by atoms with Crippen molar-refractivity contribution in [3.8, 4) is 10.6 Å². The van der Waals surface area contributed by atoms with Gasteiger partial charge >= 0.3 is 6.18 Å². The highest BCUT2D eigenvalue weighted by Crippen LogP contribution is 2.28. The molecule has 2 rings (SSSR count). The van der Waals surface area contributed by atoms with E-state index in [1.807, 2.05) is 0 Å². The molecule has 2 aromatic heterocycles. The van der Waals surface area contributed by atoms with Crippen molar-refractivity contribution < 1.29 is 22.7 Å². The molecular weight excluding hydrogens is 397 g/mol. The number of amides is 1. The molecule has 1 amide bonds. The Kier molecular flexibility index (Phi) is 6.94. The fraction of sp³-hybridized carbons (Fsp3) is 0.529. The molecule has 1 N–H and O–H groups in total. The Labute approximate surface area is 163 Å². The molecule has 0 atom stereocenters. The first-order chi connectivity index (χ1) is 13.0. The topological polar surface area (TPSA) is 86.1 Å². The number of rotatable bonds is 7.